The number of ketones is 1. The summed E-state index contributed by atoms with van der Waals surface area (Å²) in [6.07, 6.45) is 0. The molecule has 0 aromatic heterocycles. The second-order valence-corrected chi connectivity index (χ2v) is 7.63. The fourth-order valence-corrected chi connectivity index (χ4v) is 5.06. The van der Waals surface area contributed by atoms with Crippen molar-refractivity contribution in [3.63, 3.8) is 0 Å². The number of nitrogens with one attached hydrogen (secondary N) is 1. The lowest BCUT2D eigenvalue weighted by Crippen LogP contribution is -2.09. The van der Waals surface area contributed by atoms with Gasteiger partial charge in [0.2, 0.25) is 0 Å². The van der Waals surface area contributed by atoms with E-state index in [9.17, 15) is 10.1 Å². The highest BCUT2D eigenvalue weighted by Gasteiger charge is 2.38. The van der Waals surface area contributed by atoms with Crippen LogP contribution in [0.5, 0.6) is 0 Å². The summed E-state index contributed by atoms with van der Waals surface area (Å²) in [4.78, 5) is 14.4. The lowest BCUT2D eigenvalue weighted by Gasteiger charge is -2.18. The number of hydrogen-bond acceptors (Lipinski definition) is 4. The van der Waals surface area contributed by atoms with Crippen LogP contribution in [0.2, 0.25) is 0 Å². The van der Waals surface area contributed by atoms with Gasteiger partial charge in [-0.15, -0.1) is 11.8 Å². The van der Waals surface area contributed by atoms with Crippen molar-refractivity contribution in [2.75, 3.05) is 5.32 Å². The van der Waals surface area contributed by atoms with Crippen LogP contribution in [-0.4, -0.2) is 5.78 Å². The molecule has 1 N–H and O–H groups in total. The van der Waals surface area contributed by atoms with E-state index in [4.69, 9.17) is 0 Å². The lowest BCUT2D eigenvalue weighted by atomic mass is 9.97. The fourth-order valence-electron chi connectivity index (χ4n) is 3.73. The van der Waals surface area contributed by atoms with Crippen LogP contribution in [0.4, 0.5) is 5.69 Å². The van der Waals surface area contributed by atoms with E-state index in [0.29, 0.717) is 5.56 Å². The highest BCUT2D eigenvalue weighted by atomic mass is 32.2. The molecular formula is C23H14N2OS. The van der Waals surface area contributed by atoms with Gasteiger partial charge in [-0.3, -0.25) is 4.79 Å². The van der Waals surface area contributed by atoms with Crippen molar-refractivity contribution in [2.24, 2.45) is 0 Å². The van der Waals surface area contributed by atoms with Crippen LogP contribution in [0.15, 0.2) is 83.3 Å². The molecule has 0 amide bonds. The van der Waals surface area contributed by atoms with Crippen molar-refractivity contribution in [2.45, 2.75) is 10.1 Å². The van der Waals surface area contributed by atoms with Crippen molar-refractivity contribution in [1.82, 2.24) is 0 Å². The fraction of sp³-hybridized carbons (Fsp3) is 0.0435. The monoisotopic (exact) mass is 366 g/mol. The number of fused-ring (bicyclic) bond motifs is 3. The van der Waals surface area contributed by atoms with Gasteiger partial charge in [0.15, 0.2) is 5.78 Å². The Morgan fingerprint density at radius 3 is 2.44 bits per heavy atom. The molecular weight excluding hydrogens is 352 g/mol. The summed E-state index contributed by atoms with van der Waals surface area (Å²) in [6.45, 7) is 0. The molecule has 0 saturated heterocycles. The van der Waals surface area contributed by atoms with E-state index >= 15 is 0 Å². The summed E-state index contributed by atoms with van der Waals surface area (Å²) in [6, 6.07) is 25.6. The quantitative estimate of drug-likeness (QED) is 0.624. The first-order valence-corrected chi connectivity index (χ1v) is 9.56. The van der Waals surface area contributed by atoms with E-state index in [1.165, 1.54) is 0 Å². The molecule has 3 nitrogen and oxygen atoms in total. The summed E-state index contributed by atoms with van der Waals surface area (Å²) < 4.78 is 0. The number of hydrogen-bond donors (Lipinski definition) is 1. The highest BCUT2D eigenvalue weighted by Crippen LogP contribution is 2.52. The minimum atomic E-state index is -0.244. The first-order chi connectivity index (χ1) is 13.3. The summed E-state index contributed by atoms with van der Waals surface area (Å²) in [5, 5.41) is 12.9. The first kappa shape index (κ1) is 15.9. The maximum atomic E-state index is 13.3. The number of carbonyl (C=O) groups is 1. The average molecular weight is 366 g/mol. The number of benzene rings is 3. The summed E-state index contributed by atoms with van der Waals surface area (Å²) in [5.41, 5.74) is 5.67. The molecule has 5 rings (SSSR count). The Hall–Kier alpha value is -3.29. The zero-order valence-corrected chi connectivity index (χ0v) is 15.1. The SMILES string of the molecule is N#Cc1ccccc1C1Sc2ccccc2NC2=C1C(=O)c1ccccc12. The molecule has 2 aliphatic rings. The minimum absolute atomic E-state index is 0.0335. The number of para-hydroxylation sites is 1. The Bertz CT molecular complexity index is 1170. The van der Waals surface area contributed by atoms with Crippen LogP contribution >= 0.6 is 11.8 Å². The van der Waals surface area contributed by atoms with Gasteiger partial charge >= 0.3 is 0 Å². The molecule has 1 unspecified atom stereocenters. The van der Waals surface area contributed by atoms with Gasteiger partial charge in [-0.25, -0.2) is 0 Å². The van der Waals surface area contributed by atoms with Crippen LogP contribution in [-0.2, 0) is 0 Å². The molecule has 1 aliphatic carbocycles. The Balaban J connectivity index is 1.79. The molecule has 0 spiro atoms. The van der Waals surface area contributed by atoms with Gasteiger partial charge < -0.3 is 5.32 Å². The predicted octanol–water partition coefficient (Wildman–Crippen LogP) is 5.42. The third-order valence-corrected chi connectivity index (χ3v) is 6.31. The zero-order valence-electron chi connectivity index (χ0n) is 14.3. The number of Topliss-reactive ketones (excluding diaryl/α,β-unsaturated/α-hetero) is 1. The van der Waals surface area contributed by atoms with Gasteiger partial charge in [0.25, 0.3) is 0 Å². The zero-order chi connectivity index (χ0) is 18.4. The van der Waals surface area contributed by atoms with Gasteiger partial charge in [-0.2, -0.15) is 5.26 Å². The van der Waals surface area contributed by atoms with Crippen LogP contribution < -0.4 is 5.32 Å². The summed E-state index contributed by atoms with van der Waals surface area (Å²) in [5.74, 6) is 0.0335. The highest BCUT2D eigenvalue weighted by molar-refractivity contribution is 8.00. The minimum Gasteiger partial charge on any atom is -0.354 e. The maximum Gasteiger partial charge on any atom is 0.193 e. The first-order valence-electron chi connectivity index (χ1n) is 8.68. The van der Waals surface area contributed by atoms with Gasteiger partial charge in [-0.1, -0.05) is 54.6 Å². The molecule has 1 aliphatic heterocycles. The van der Waals surface area contributed by atoms with Crippen LogP contribution in [0.1, 0.15) is 32.3 Å². The average Bonchev–Trinajstić information content (AvgIpc) is 2.88. The Morgan fingerprint density at radius 2 is 1.59 bits per heavy atom. The van der Waals surface area contributed by atoms with E-state index < -0.39 is 0 Å². The molecule has 0 bridgehead atoms. The molecule has 3 aromatic carbocycles. The predicted molar refractivity (Wildman–Crippen MR) is 108 cm³/mol. The topological polar surface area (TPSA) is 52.9 Å². The van der Waals surface area contributed by atoms with Crippen molar-refractivity contribution in [3.05, 3.63) is 101 Å². The lowest BCUT2D eigenvalue weighted by molar-refractivity contribution is 0.103. The standard InChI is InChI=1S/C23H14N2OS/c24-13-14-7-1-2-8-15(14)23-20-21(16-9-3-4-10-17(16)22(20)26)25-18-11-5-6-12-19(18)27-23/h1-12,23,25H. The van der Waals surface area contributed by atoms with E-state index in [1.807, 2.05) is 72.8 Å². The van der Waals surface area contributed by atoms with Crippen LogP contribution in [0, 0.1) is 11.3 Å². The number of nitriles is 1. The molecule has 0 fully saturated rings. The van der Waals surface area contributed by atoms with Gasteiger partial charge in [0.1, 0.15) is 0 Å². The molecule has 1 atom stereocenters. The molecule has 3 aromatic rings. The molecule has 4 heteroatoms. The van der Waals surface area contributed by atoms with E-state index in [-0.39, 0.29) is 11.0 Å². The molecule has 0 radical (unpaired) electrons. The molecule has 128 valence electrons. The van der Waals surface area contributed by atoms with E-state index in [0.717, 1.165) is 38.5 Å². The second-order valence-electron chi connectivity index (χ2n) is 6.48. The third kappa shape index (κ3) is 2.40. The number of thioether (sulfide) groups is 1. The second kappa shape index (κ2) is 6.15. The van der Waals surface area contributed by atoms with Crippen molar-refractivity contribution in [3.8, 4) is 6.07 Å². The Morgan fingerprint density at radius 1 is 0.889 bits per heavy atom. The number of rotatable bonds is 1. The molecule has 1 heterocycles. The molecule has 27 heavy (non-hydrogen) atoms. The molecule has 0 saturated carbocycles. The van der Waals surface area contributed by atoms with Crippen molar-refractivity contribution < 1.29 is 4.79 Å². The largest absolute Gasteiger partial charge is 0.354 e. The number of anilines is 1. The van der Waals surface area contributed by atoms with Crippen LogP contribution in [0.25, 0.3) is 5.70 Å². The van der Waals surface area contributed by atoms with E-state index in [1.54, 1.807) is 11.8 Å². The number of nitrogens with zero attached hydrogens (tertiary/aromatic N) is 1. The Kier molecular flexibility index (Phi) is 3.63. The smallest absolute Gasteiger partial charge is 0.193 e. The normalized spacial score (nSPS) is 17.3. The van der Waals surface area contributed by atoms with Gasteiger partial charge in [0, 0.05) is 21.6 Å². The maximum absolute atomic E-state index is 13.3. The number of carbonyl (C=O) groups excluding carboxylic acids is 1. The van der Waals surface area contributed by atoms with Crippen molar-refractivity contribution in [1.29, 1.82) is 5.26 Å². The summed E-state index contributed by atoms with van der Waals surface area (Å²) >= 11 is 1.62. The van der Waals surface area contributed by atoms with Gasteiger partial charge in [0.05, 0.1) is 28.3 Å². The third-order valence-electron chi connectivity index (χ3n) is 4.97. The summed E-state index contributed by atoms with van der Waals surface area (Å²) in [7, 11) is 0. The van der Waals surface area contributed by atoms with Gasteiger partial charge in [-0.05, 0) is 23.8 Å². The van der Waals surface area contributed by atoms with Crippen LogP contribution in [0.3, 0.4) is 0 Å². The Labute approximate surface area is 161 Å². The van der Waals surface area contributed by atoms with E-state index in [2.05, 4.69) is 11.4 Å². The van der Waals surface area contributed by atoms with Crippen molar-refractivity contribution >= 4 is 28.9 Å².